The zero-order chi connectivity index (χ0) is 20.9. The molecule has 0 unspecified atom stereocenters. The van der Waals surface area contributed by atoms with Gasteiger partial charge >= 0.3 is 5.69 Å². The Kier molecular flexibility index (Phi) is 5.95. The summed E-state index contributed by atoms with van der Waals surface area (Å²) in [5.74, 6) is 1.39. The predicted molar refractivity (Wildman–Crippen MR) is 120 cm³/mol. The quantitative estimate of drug-likeness (QED) is 0.368. The largest absolute Gasteiger partial charge is 0.490 e. The molecule has 0 fully saturated rings. The van der Waals surface area contributed by atoms with Gasteiger partial charge in [-0.2, -0.15) is 0 Å². The van der Waals surface area contributed by atoms with Crippen molar-refractivity contribution in [2.24, 2.45) is 0 Å². The van der Waals surface area contributed by atoms with E-state index in [1.807, 2.05) is 67.6 Å². The first kappa shape index (κ1) is 19.9. The third-order valence-electron chi connectivity index (χ3n) is 4.60. The number of rotatable bonds is 8. The highest BCUT2D eigenvalue weighted by Gasteiger charge is 2.08. The van der Waals surface area contributed by atoms with Gasteiger partial charge in [-0.25, -0.2) is 4.79 Å². The average Bonchev–Trinajstić information content (AvgIpc) is 3.11. The molecule has 6 nitrogen and oxygen atoms in total. The molecular formula is C23H22ClN3O3. The van der Waals surface area contributed by atoms with Gasteiger partial charge < -0.3 is 24.8 Å². The number of halogens is 1. The highest BCUT2D eigenvalue weighted by Crippen LogP contribution is 2.30. The van der Waals surface area contributed by atoms with Crippen molar-refractivity contribution < 1.29 is 9.47 Å². The molecule has 1 aromatic heterocycles. The van der Waals surface area contributed by atoms with Crippen LogP contribution in [0, 0.1) is 0 Å². The van der Waals surface area contributed by atoms with Crippen molar-refractivity contribution in [3.8, 4) is 11.5 Å². The van der Waals surface area contributed by atoms with Crippen molar-refractivity contribution in [2.45, 2.75) is 20.1 Å². The second-order valence-electron chi connectivity index (χ2n) is 6.83. The topological polar surface area (TPSA) is 79.1 Å². The lowest BCUT2D eigenvalue weighted by atomic mass is 10.2. The van der Waals surface area contributed by atoms with Gasteiger partial charge in [0.25, 0.3) is 0 Å². The molecule has 1 heterocycles. The molecule has 0 saturated carbocycles. The van der Waals surface area contributed by atoms with Crippen molar-refractivity contribution >= 4 is 28.3 Å². The molecule has 7 heteroatoms. The summed E-state index contributed by atoms with van der Waals surface area (Å²) in [6, 6.07) is 19.2. The number of fused-ring (bicyclic) bond motifs is 1. The van der Waals surface area contributed by atoms with Crippen molar-refractivity contribution in [3.63, 3.8) is 0 Å². The van der Waals surface area contributed by atoms with E-state index in [-0.39, 0.29) is 5.69 Å². The number of benzene rings is 3. The fourth-order valence-electron chi connectivity index (χ4n) is 3.18. The van der Waals surface area contributed by atoms with Gasteiger partial charge in [0.2, 0.25) is 0 Å². The van der Waals surface area contributed by atoms with Crippen LogP contribution in [-0.2, 0) is 13.2 Å². The van der Waals surface area contributed by atoms with Crippen LogP contribution in [0.15, 0.2) is 65.5 Å². The first-order valence-electron chi connectivity index (χ1n) is 9.69. The van der Waals surface area contributed by atoms with Crippen molar-refractivity contribution in [1.29, 1.82) is 0 Å². The zero-order valence-electron chi connectivity index (χ0n) is 16.5. The molecule has 0 saturated heterocycles. The van der Waals surface area contributed by atoms with E-state index in [1.165, 1.54) is 0 Å². The maximum Gasteiger partial charge on any atom is 0.323 e. The summed E-state index contributed by atoms with van der Waals surface area (Å²) in [7, 11) is 0. The molecule has 3 aromatic carbocycles. The Bertz CT molecular complexity index is 1220. The second-order valence-corrected chi connectivity index (χ2v) is 7.26. The Balaban J connectivity index is 1.45. The molecule has 0 atom stereocenters. The van der Waals surface area contributed by atoms with Crippen molar-refractivity contribution in [1.82, 2.24) is 9.97 Å². The number of imidazole rings is 1. The molecule has 30 heavy (non-hydrogen) atoms. The molecule has 4 rings (SSSR count). The monoisotopic (exact) mass is 423 g/mol. The van der Waals surface area contributed by atoms with Crippen LogP contribution in [0.5, 0.6) is 11.5 Å². The summed E-state index contributed by atoms with van der Waals surface area (Å²) in [5.41, 5.74) is 4.30. The zero-order valence-corrected chi connectivity index (χ0v) is 17.3. The van der Waals surface area contributed by atoms with E-state index in [2.05, 4.69) is 15.3 Å². The molecule has 0 bridgehead atoms. The maximum atomic E-state index is 11.4. The minimum atomic E-state index is -0.211. The Morgan fingerprint density at radius 1 is 0.900 bits per heavy atom. The maximum absolute atomic E-state index is 11.4. The van der Waals surface area contributed by atoms with E-state index >= 15 is 0 Å². The number of anilines is 1. The summed E-state index contributed by atoms with van der Waals surface area (Å²) in [5, 5.41) is 4.05. The number of hydrogen-bond donors (Lipinski definition) is 3. The van der Waals surface area contributed by atoms with E-state index < -0.39 is 0 Å². The number of aromatic nitrogens is 2. The summed E-state index contributed by atoms with van der Waals surface area (Å²) < 4.78 is 11.7. The molecule has 0 amide bonds. The van der Waals surface area contributed by atoms with Crippen molar-refractivity contribution in [3.05, 3.63) is 87.3 Å². The fourth-order valence-corrected chi connectivity index (χ4v) is 3.40. The Morgan fingerprint density at radius 3 is 2.60 bits per heavy atom. The third kappa shape index (κ3) is 4.78. The van der Waals surface area contributed by atoms with Gasteiger partial charge in [-0.3, -0.25) is 0 Å². The minimum Gasteiger partial charge on any atom is -0.490 e. The van der Waals surface area contributed by atoms with Crippen LogP contribution in [-0.4, -0.2) is 16.6 Å². The van der Waals surface area contributed by atoms with Gasteiger partial charge in [-0.15, -0.1) is 0 Å². The highest BCUT2D eigenvalue weighted by atomic mass is 35.5. The summed E-state index contributed by atoms with van der Waals surface area (Å²) in [4.78, 5) is 16.9. The number of nitrogens with one attached hydrogen (secondary N) is 3. The van der Waals surface area contributed by atoms with Gasteiger partial charge in [0.1, 0.15) is 6.61 Å². The molecule has 0 spiro atoms. The van der Waals surface area contributed by atoms with Gasteiger partial charge in [0.05, 0.1) is 17.6 Å². The van der Waals surface area contributed by atoms with Crippen LogP contribution in [0.4, 0.5) is 5.69 Å². The van der Waals surface area contributed by atoms with Crippen molar-refractivity contribution in [2.75, 3.05) is 11.9 Å². The van der Waals surface area contributed by atoms with Crippen LogP contribution in [0.2, 0.25) is 5.02 Å². The number of ether oxygens (including phenoxy) is 2. The molecule has 0 aliphatic carbocycles. The van der Waals surface area contributed by atoms with E-state index in [4.69, 9.17) is 21.1 Å². The summed E-state index contributed by atoms with van der Waals surface area (Å²) >= 11 is 6.04. The van der Waals surface area contributed by atoms with E-state index in [9.17, 15) is 4.79 Å². The van der Waals surface area contributed by atoms with Crippen LogP contribution in [0.25, 0.3) is 11.0 Å². The normalized spacial score (nSPS) is 10.9. The second kappa shape index (κ2) is 8.97. The van der Waals surface area contributed by atoms with Crippen LogP contribution in [0.1, 0.15) is 18.1 Å². The first-order chi connectivity index (χ1) is 14.6. The average molecular weight is 424 g/mol. The Morgan fingerprint density at radius 2 is 1.77 bits per heavy atom. The van der Waals surface area contributed by atoms with Gasteiger partial charge in [-0.1, -0.05) is 29.8 Å². The number of hydrogen-bond acceptors (Lipinski definition) is 4. The predicted octanol–water partition coefficient (Wildman–Crippen LogP) is 5.10. The lowest BCUT2D eigenvalue weighted by molar-refractivity contribution is 0.269. The smallest absolute Gasteiger partial charge is 0.323 e. The fraction of sp³-hybridized carbons (Fsp3) is 0.174. The molecule has 3 N–H and O–H groups in total. The minimum absolute atomic E-state index is 0.211. The van der Waals surface area contributed by atoms with Crippen LogP contribution in [0.3, 0.4) is 0 Å². The molecule has 0 radical (unpaired) electrons. The standard InChI is InChI=1S/C23H22ClN3O3/c1-2-29-22-11-15(6-9-21(22)30-14-16-4-3-5-17(24)10-16)13-25-18-7-8-19-20(12-18)27-23(28)26-19/h3-12,25H,2,13-14H2,1H3,(H2,26,27,28). The first-order valence-corrected chi connectivity index (χ1v) is 10.1. The van der Waals surface area contributed by atoms with Gasteiger partial charge in [0.15, 0.2) is 11.5 Å². The third-order valence-corrected chi connectivity index (χ3v) is 4.84. The molecule has 154 valence electrons. The lowest BCUT2D eigenvalue weighted by Crippen LogP contribution is -2.03. The molecule has 0 aliphatic rings. The number of H-pyrrole nitrogens is 2. The molecular weight excluding hydrogens is 402 g/mol. The van der Waals surface area contributed by atoms with Gasteiger partial charge in [0, 0.05) is 17.3 Å². The van der Waals surface area contributed by atoms with Crippen LogP contribution < -0.4 is 20.5 Å². The summed E-state index contributed by atoms with van der Waals surface area (Å²) in [6.07, 6.45) is 0. The van der Waals surface area contributed by atoms with Gasteiger partial charge in [-0.05, 0) is 60.5 Å². The Labute approximate surface area is 178 Å². The number of aromatic amines is 2. The van der Waals surface area contributed by atoms with E-state index in [0.717, 1.165) is 27.8 Å². The Hall–Kier alpha value is -3.38. The molecule has 0 aliphatic heterocycles. The molecule has 4 aromatic rings. The lowest BCUT2D eigenvalue weighted by Gasteiger charge is -2.14. The van der Waals surface area contributed by atoms with Crippen LogP contribution >= 0.6 is 11.6 Å². The highest BCUT2D eigenvalue weighted by molar-refractivity contribution is 6.30. The summed E-state index contributed by atoms with van der Waals surface area (Å²) in [6.45, 7) is 3.50. The van der Waals surface area contributed by atoms with E-state index in [0.29, 0.717) is 36.3 Å². The van der Waals surface area contributed by atoms with E-state index in [1.54, 1.807) is 0 Å². The SMILES string of the molecule is CCOc1cc(CNc2ccc3[nH]c(=O)[nH]c3c2)ccc1OCc1cccc(Cl)c1.